The fraction of sp³-hybridized carbons (Fsp3) is 0.897. The zero-order valence-corrected chi connectivity index (χ0v) is 26.9. The first-order chi connectivity index (χ1) is 18.6. The van der Waals surface area contributed by atoms with E-state index in [2.05, 4.69) is 27.7 Å². The van der Waals surface area contributed by atoms with Gasteiger partial charge in [0.1, 0.15) is 0 Å². The van der Waals surface area contributed by atoms with Gasteiger partial charge in [0.2, 0.25) is 0 Å². The van der Waals surface area contributed by atoms with E-state index in [1.807, 2.05) is 0 Å². The van der Waals surface area contributed by atoms with Gasteiger partial charge in [-0.05, 0) is 110 Å². The molecule has 0 amide bonds. The molecule has 5 fully saturated rings. The third kappa shape index (κ3) is 7.28. The van der Waals surface area contributed by atoms with Gasteiger partial charge in [-0.2, -0.15) is 0 Å². The maximum atomic E-state index is 4.99. The molecule has 8 atom stereocenters. The SMILES string of the molecule is C=C1C2CC3CCCCCCC(C)(C)CCCC3CC2C(=C)C2CC3CCCC(C)(C)CCCCCC3CC12. The largest absolute Gasteiger partial charge is 0.0993 e. The second kappa shape index (κ2) is 12.8. The van der Waals surface area contributed by atoms with Gasteiger partial charge in [-0.25, -0.2) is 0 Å². The first-order valence-corrected chi connectivity index (χ1v) is 18.0. The second-order valence-electron chi connectivity index (χ2n) is 17.2. The summed E-state index contributed by atoms with van der Waals surface area (Å²) in [6.07, 6.45) is 30.6. The molecule has 0 aliphatic heterocycles. The van der Waals surface area contributed by atoms with Gasteiger partial charge < -0.3 is 0 Å². The van der Waals surface area contributed by atoms with Gasteiger partial charge in [0.25, 0.3) is 0 Å². The Balaban J connectivity index is 1.29. The third-order valence-corrected chi connectivity index (χ3v) is 13.4. The molecule has 0 bridgehead atoms. The van der Waals surface area contributed by atoms with Crippen molar-refractivity contribution in [1.29, 1.82) is 0 Å². The van der Waals surface area contributed by atoms with Gasteiger partial charge >= 0.3 is 0 Å². The van der Waals surface area contributed by atoms with Gasteiger partial charge in [0.05, 0.1) is 0 Å². The van der Waals surface area contributed by atoms with Crippen molar-refractivity contribution in [1.82, 2.24) is 0 Å². The summed E-state index contributed by atoms with van der Waals surface area (Å²) in [6, 6.07) is 0. The number of rotatable bonds is 0. The van der Waals surface area contributed by atoms with Crippen LogP contribution in [0.25, 0.3) is 0 Å². The highest BCUT2D eigenvalue weighted by Gasteiger charge is 2.50. The fourth-order valence-corrected chi connectivity index (χ4v) is 10.8. The molecule has 0 aromatic heterocycles. The van der Waals surface area contributed by atoms with Crippen molar-refractivity contribution in [2.75, 3.05) is 0 Å². The van der Waals surface area contributed by atoms with Crippen LogP contribution >= 0.6 is 0 Å². The Morgan fingerprint density at radius 2 is 0.692 bits per heavy atom. The van der Waals surface area contributed by atoms with Gasteiger partial charge in [0.15, 0.2) is 0 Å². The van der Waals surface area contributed by atoms with E-state index < -0.39 is 0 Å². The van der Waals surface area contributed by atoms with E-state index in [4.69, 9.17) is 13.2 Å². The lowest BCUT2D eigenvalue weighted by atomic mass is 9.50. The zero-order chi connectivity index (χ0) is 27.6. The van der Waals surface area contributed by atoms with Crippen LogP contribution in [0.5, 0.6) is 0 Å². The van der Waals surface area contributed by atoms with Crippen molar-refractivity contribution >= 4 is 0 Å². The highest BCUT2D eigenvalue weighted by Crippen LogP contribution is 2.60. The van der Waals surface area contributed by atoms with E-state index in [9.17, 15) is 0 Å². The minimum absolute atomic E-state index is 0.546. The lowest BCUT2D eigenvalue weighted by Crippen LogP contribution is -2.46. The quantitative estimate of drug-likeness (QED) is 0.271. The molecule has 5 rings (SSSR count). The summed E-state index contributed by atoms with van der Waals surface area (Å²) in [6.45, 7) is 20.1. The fourth-order valence-electron chi connectivity index (χ4n) is 10.8. The summed E-state index contributed by atoms with van der Waals surface area (Å²) in [5, 5.41) is 0. The smallest absolute Gasteiger partial charge is 0.0134 e. The molecule has 0 spiro atoms. The normalized spacial score (nSPS) is 42.3. The molecule has 5 aliphatic rings. The average molecular weight is 535 g/mol. The maximum Gasteiger partial charge on any atom is -0.0134 e. The van der Waals surface area contributed by atoms with Crippen LogP contribution in [0.4, 0.5) is 0 Å². The third-order valence-electron chi connectivity index (χ3n) is 13.4. The molecular formula is C39H66. The minimum Gasteiger partial charge on any atom is -0.0993 e. The van der Waals surface area contributed by atoms with Crippen molar-refractivity contribution < 1.29 is 0 Å². The molecular weight excluding hydrogens is 468 g/mol. The summed E-state index contributed by atoms with van der Waals surface area (Å²) in [5.74, 6) is 6.80. The molecule has 39 heavy (non-hydrogen) atoms. The Kier molecular flexibility index (Phi) is 9.81. The average Bonchev–Trinajstić information content (AvgIpc) is 2.91. The molecule has 5 aliphatic carbocycles. The molecule has 0 N–H and O–H groups in total. The first-order valence-electron chi connectivity index (χ1n) is 18.0. The number of hydrogen-bond donors (Lipinski definition) is 0. The van der Waals surface area contributed by atoms with E-state index in [0.29, 0.717) is 10.8 Å². The molecule has 0 heteroatoms. The van der Waals surface area contributed by atoms with Crippen molar-refractivity contribution in [3.63, 3.8) is 0 Å². The van der Waals surface area contributed by atoms with Crippen molar-refractivity contribution in [2.45, 2.75) is 163 Å². The van der Waals surface area contributed by atoms with E-state index >= 15 is 0 Å². The number of allylic oxidation sites excluding steroid dienone is 2. The van der Waals surface area contributed by atoms with Crippen molar-refractivity contribution in [3.05, 3.63) is 24.3 Å². The summed E-state index contributed by atoms with van der Waals surface area (Å²) < 4.78 is 0. The summed E-state index contributed by atoms with van der Waals surface area (Å²) >= 11 is 0. The van der Waals surface area contributed by atoms with Crippen LogP contribution in [0.3, 0.4) is 0 Å². The van der Waals surface area contributed by atoms with Gasteiger partial charge in [0, 0.05) is 0 Å². The van der Waals surface area contributed by atoms with E-state index in [1.54, 1.807) is 11.1 Å². The zero-order valence-electron chi connectivity index (χ0n) is 26.9. The van der Waals surface area contributed by atoms with Crippen LogP contribution in [0, 0.1) is 58.2 Å². The van der Waals surface area contributed by atoms with Crippen LogP contribution in [-0.4, -0.2) is 0 Å². The van der Waals surface area contributed by atoms with Crippen LogP contribution < -0.4 is 0 Å². The second-order valence-corrected chi connectivity index (χ2v) is 17.2. The lowest BCUT2D eigenvalue weighted by molar-refractivity contribution is 0.0537. The molecule has 0 radical (unpaired) electrons. The maximum absolute atomic E-state index is 4.99. The monoisotopic (exact) mass is 535 g/mol. The van der Waals surface area contributed by atoms with E-state index in [0.717, 1.165) is 47.3 Å². The minimum atomic E-state index is 0.546. The van der Waals surface area contributed by atoms with Crippen LogP contribution in [-0.2, 0) is 0 Å². The molecule has 5 saturated carbocycles. The predicted molar refractivity (Wildman–Crippen MR) is 171 cm³/mol. The van der Waals surface area contributed by atoms with Crippen LogP contribution in [0.1, 0.15) is 163 Å². The first kappa shape index (κ1) is 30.0. The molecule has 0 aromatic rings. The molecule has 0 nitrogen and oxygen atoms in total. The standard InChI is InChI=1S/C39H66/c1-28-34-24-30-16-10-7-8-12-20-38(3,4)22-14-18-32(30)26-36(34)29(2)37-27-33-19-15-23-39(5,6)21-13-9-11-17-31(33)25-35(28)37/h30-37H,1-2,7-27H2,3-6H3. The number of fused-ring (bicyclic) bond motifs is 4. The Morgan fingerprint density at radius 3 is 1.08 bits per heavy atom. The van der Waals surface area contributed by atoms with Gasteiger partial charge in [-0.1, -0.05) is 135 Å². The van der Waals surface area contributed by atoms with Gasteiger partial charge in [-0.3, -0.25) is 0 Å². The Hall–Kier alpha value is -0.520. The van der Waals surface area contributed by atoms with Crippen molar-refractivity contribution in [3.8, 4) is 0 Å². The summed E-state index contributed by atoms with van der Waals surface area (Å²) in [5.41, 5.74) is 4.51. The van der Waals surface area contributed by atoms with Crippen LogP contribution in [0.2, 0.25) is 0 Å². The van der Waals surface area contributed by atoms with E-state index in [-0.39, 0.29) is 0 Å². The summed E-state index contributed by atoms with van der Waals surface area (Å²) in [7, 11) is 0. The molecule has 0 heterocycles. The molecule has 0 saturated heterocycles. The van der Waals surface area contributed by atoms with E-state index in [1.165, 1.54) is 135 Å². The molecule has 0 aromatic carbocycles. The lowest BCUT2D eigenvalue weighted by Gasteiger charge is -2.55. The molecule has 8 unspecified atom stereocenters. The van der Waals surface area contributed by atoms with Gasteiger partial charge in [-0.15, -0.1) is 0 Å². The Labute approximate surface area is 244 Å². The predicted octanol–water partition coefficient (Wildman–Crippen LogP) is 12.3. The topological polar surface area (TPSA) is 0 Å². The van der Waals surface area contributed by atoms with Crippen molar-refractivity contribution in [2.24, 2.45) is 58.2 Å². The number of hydrogen-bond acceptors (Lipinski definition) is 0. The Bertz CT molecular complexity index is 827. The Morgan fingerprint density at radius 1 is 0.410 bits per heavy atom. The summed E-state index contributed by atoms with van der Waals surface area (Å²) in [4.78, 5) is 0. The molecule has 222 valence electrons. The highest BCUT2D eigenvalue weighted by molar-refractivity contribution is 5.29. The van der Waals surface area contributed by atoms with Crippen LogP contribution in [0.15, 0.2) is 24.3 Å². The highest BCUT2D eigenvalue weighted by atomic mass is 14.5.